The van der Waals surface area contributed by atoms with Crippen LogP contribution in [0.2, 0.25) is 0 Å². The molecule has 1 aromatic heterocycles. The van der Waals surface area contributed by atoms with Gasteiger partial charge >= 0.3 is 5.97 Å². The van der Waals surface area contributed by atoms with Gasteiger partial charge in [0.05, 0.1) is 6.54 Å². The summed E-state index contributed by atoms with van der Waals surface area (Å²) in [5.74, 6) is 1.13. The number of anilines is 3. The van der Waals surface area contributed by atoms with Crippen molar-refractivity contribution in [2.24, 2.45) is 5.92 Å². The van der Waals surface area contributed by atoms with E-state index in [-0.39, 0.29) is 12.5 Å². The molecule has 0 unspecified atom stereocenters. The van der Waals surface area contributed by atoms with Gasteiger partial charge in [-0.15, -0.1) is 0 Å². The summed E-state index contributed by atoms with van der Waals surface area (Å²) >= 11 is 0. The Labute approximate surface area is 263 Å². The number of carbonyl (C=O) groups is 2. The van der Waals surface area contributed by atoms with E-state index in [1.54, 1.807) is 11.0 Å². The van der Waals surface area contributed by atoms with Crippen molar-refractivity contribution >= 4 is 29.5 Å². The second-order valence-corrected chi connectivity index (χ2v) is 14.1. The Morgan fingerprint density at radius 1 is 0.977 bits per heavy atom. The standard InChI is InChI=1S/C32H57N9O3/c1-32(2,3)39-30(44)26-21-41(19-18-40(26)22-29(42)43)28-20-27(33)37-31(38-28)36-25-12-10-23(11-13-25)14-17-34-15-7-16-35-24-8-5-4-6-9-24/h20,23-26,34-35H,4-19,21-22H2,1-3H3,(H,39,44)(H,42,43)(H3,33,36,37,38)/t23?,25?,26-/m0/s1. The number of rotatable bonds is 14. The number of nitrogens with one attached hydrogen (secondary N) is 4. The molecule has 44 heavy (non-hydrogen) atoms. The number of carboxylic acid groups (broad SMARTS) is 1. The highest BCUT2D eigenvalue weighted by atomic mass is 16.4. The number of hydrogen-bond acceptors (Lipinski definition) is 10. The van der Waals surface area contributed by atoms with Gasteiger partial charge in [0.25, 0.3) is 0 Å². The molecule has 3 fully saturated rings. The first-order valence-corrected chi connectivity index (χ1v) is 16.9. The van der Waals surface area contributed by atoms with Crippen molar-refractivity contribution in [1.29, 1.82) is 0 Å². The highest BCUT2D eigenvalue weighted by Gasteiger charge is 2.35. The third kappa shape index (κ3) is 11.3. The van der Waals surface area contributed by atoms with Crippen LogP contribution in [-0.4, -0.2) is 101 Å². The SMILES string of the molecule is CC(C)(C)NC(=O)[C@@H]1CN(c2cc(N)nc(NC3CCC(CCNCCCNC4CCCCC4)CC3)n2)CCN1CC(=O)O. The van der Waals surface area contributed by atoms with Gasteiger partial charge in [-0.25, -0.2) is 0 Å². The molecule has 1 saturated heterocycles. The Kier molecular flexibility index (Phi) is 12.9. The lowest BCUT2D eigenvalue weighted by atomic mass is 9.84. The largest absolute Gasteiger partial charge is 0.480 e. The molecule has 1 aromatic rings. The summed E-state index contributed by atoms with van der Waals surface area (Å²) in [5, 5.41) is 23.3. The van der Waals surface area contributed by atoms with Crippen molar-refractivity contribution in [2.75, 3.05) is 61.8 Å². The monoisotopic (exact) mass is 615 g/mol. The van der Waals surface area contributed by atoms with E-state index in [1.807, 2.05) is 25.7 Å². The third-order valence-corrected chi connectivity index (χ3v) is 9.16. The maximum absolute atomic E-state index is 13.1. The first kappa shape index (κ1) is 34.2. The zero-order chi connectivity index (χ0) is 31.5. The molecule has 2 saturated carbocycles. The minimum atomic E-state index is -0.951. The highest BCUT2D eigenvalue weighted by Crippen LogP contribution is 2.29. The summed E-state index contributed by atoms with van der Waals surface area (Å²) in [4.78, 5) is 37.6. The van der Waals surface area contributed by atoms with Gasteiger partial charge in [0.1, 0.15) is 17.7 Å². The molecule has 1 atom stereocenters. The average Bonchev–Trinajstić information content (AvgIpc) is 2.97. The number of aromatic nitrogens is 2. The van der Waals surface area contributed by atoms with E-state index in [9.17, 15) is 14.7 Å². The van der Waals surface area contributed by atoms with E-state index in [0.717, 1.165) is 44.4 Å². The molecule has 4 rings (SSSR count). The van der Waals surface area contributed by atoms with Crippen molar-refractivity contribution in [3.63, 3.8) is 0 Å². The first-order chi connectivity index (χ1) is 21.1. The molecular weight excluding hydrogens is 558 g/mol. The first-order valence-electron chi connectivity index (χ1n) is 16.9. The van der Waals surface area contributed by atoms with Crippen LogP contribution in [-0.2, 0) is 9.59 Å². The number of aliphatic carboxylic acids is 1. The van der Waals surface area contributed by atoms with Crippen molar-refractivity contribution in [2.45, 2.75) is 115 Å². The van der Waals surface area contributed by atoms with E-state index in [1.165, 1.54) is 57.8 Å². The van der Waals surface area contributed by atoms with Crippen LogP contribution < -0.4 is 31.9 Å². The zero-order valence-electron chi connectivity index (χ0n) is 27.2. The van der Waals surface area contributed by atoms with Gasteiger partial charge in [-0.3, -0.25) is 14.5 Å². The molecule has 12 nitrogen and oxygen atoms in total. The fourth-order valence-electron chi connectivity index (χ4n) is 6.81. The molecule has 12 heteroatoms. The number of piperazine rings is 1. The normalized spacial score (nSPS) is 23.8. The van der Waals surface area contributed by atoms with E-state index < -0.39 is 17.6 Å². The number of nitrogen functional groups attached to an aromatic ring is 1. The van der Waals surface area contributed by atoms with Crippen LogP contribution in [0.1, 0.15) is 91.4 Å². The maximum atomic E-state index is 13.1. The fraction of sp³-hybridized carbons (Fsp3) is 0.812. The van der Waals surface area contributed by atoms with Gasteiger partial charge in [0.15, 0.2) is 0 Å². The van der Waals surface area contributed by atoms with Crippen molar-refractivity contribution in [3.8, 4) is 0 Å². The summed E-state index contributed by atoms with van der Waals surface area (Å²) < 4.78 is 0. The van der Waals surface area contributed by atoms with Crippen LogP contribution in [0.25, 0.3) is 0 Å². The van der Waals surface area contributed by atoms with E-state index in [4.69, 9.17) is 10.7 Å². The molecule has 0 bridgehead atoms. The number of hydrogen-bond donors (Lipinski definition) is 6. The molecular formula is C32H57N9O3. The van der Waals surface area contributed by atoms with E-state index in [2.05, 4.69) is 26.3 Å². The fourth-order valence-corrected chi connectivity index (χ4v) is 6.81. The Balaban J connectivity index is 1.20. The second kappa shape index (κ2) is 16.6. The predicted molar refractivity (Wildman–Crippen MR) is 176 cm³/mol. The minimum absolute atomic E-state index is 0.189. The van der Waals surface area contributed by atoms with Gasteiger partial charge in [-0.1, -0.05) is 19.3 Å². The summed E-state index contributed by atoms with van der Waals surface area (Å²) in [6.45, 7) is 10.1. The molecule has 2 heterocycles. The van der Waals surface area contributed by atoms with Crippen molar-refractivity contribution in [3.05, 3.63) is 6.07 Å². The lowest BCUT2D eigenvalue weighted by molar-refractivity contribution is -0.140. The average molecular weight is 616 g/mol. The van der Waals surface area contributed by atoms with E-state index >= 15 is 0 Å². The molecule has 7 N–H and O–H groups in total. The second-order valence-electron chi connectivity index (χ2n) is 14.1. The van der Waals surface area contributed by atoms with Crippen LogP contribution in [0.3, 0.4) is 0 Å². The summed E-state index contributed by atoms with van der Waals surface area (Å²) in [5.41, 5.74) is 5.78. The number of carbonyl (C=O) groups excluding carboxylic acids is 1. The molecule has 3 aliphatic rings. The molecule has 0 spiro atoms. The number of carboxylic acids is 1. The van der Waals surface area contributed by atoms with Gasteiger partial charge in [0.2, 0.25) is 11.9 Å². The molecule has 2 aliphatic carbocycles. The van der Waals surface area contributed by atoms with E-state index in [0.29, 0.717) is 43.3 Å². The summed E-state index contributed by atoms with van der Waals surface area (Å²) in [6, 6.07) is 2.16. The number of nitrogens with two attached hydrogens (primary N) is 1. The van der Waals surface area contributed by atoms with Crippen molar-refractivity contribution in [1.82, 2.24) is 30.8 Å². The summed E-state index contributed by atoms with van der Waals surface area (Å²) in [7, 11) is 0. The molecule has 1 aliphatic heterocycles. The van der Waals surface area contributed by atoms with Crippen LogP contribution >= 0.6 is 0 Å². The van der Waals surface area contributed by atoms with Crippen LogP contribution in [0.15, 0.2) is 6.07 Å². The van der Waals surface area contributed by atoms with Gasteiger partial charge in [0, 0.05) is 43.3 Å². The number of nitrogens with zero attached hydrogens (tertiary/aromatic N) is 4. The smallest absolute Gasteiger partial charge is 0.317 e. The Bertz CT molecular complexity index is 1050. The highest BCUT2D eigenvalue weighted by molar-refractivity contribution is 5.84. The van der Waals surface area contributed by atoms with Crippen molar-refractivity contribution < 1.29 is 14.7 Å². The third-order valence-electron chi connectivity index (χ3n) is 9.16. The topological polar surface area (TPSA) is 161 Å². The Morgan fingerprint density at radius 2 is 1.73 bits per heavy atom. The maximum Gasteiger partial charge on any atom is 0.317 e. The van der Waals surface area contributed by atoms with Gasteiger partial charge < -0.3 is 37.0 Å². The Morgan fingerprint density at radius 3 is 2.43 bits per heavy atom. The van der Waals surface area contributed by atoms with Gasteiger partial charge in [-0.2, -0.15) is 9.97 Å². The van der Waals surface area contributed by atoms with Crippen LogP contribution in [0, 0.1) is 5.92 Å². The lowest BCUT2D eigenvalue weighted by Gasteiger charge is -2.41. The predicted octanol–water partition coefficient (Wildman–Crippen LogP) is 2.81. The van der Waals surface area contributed by atoms with Crippen LogP contribution in [0.5, 0.6) is 0 Å². The number of amides is 1. The Hall–Kier alpha value is -2.70. The van der Waals surface area contributed by atoms with Gasteiger partial charge in [-0.05, 0) is 97.7 Å². The lowest BCUT2D eigenvalue weighted by Crippen LogP contribution is -2.62. The molecule has 248 valence electrons. The summed E-state index contributed by atoms with van der Waals surface area (Å²) in [6.07, 6.45) is 13.8. The minimum Gasteiger partial charge on any atom is -0.480 e. The molecule has 0 aromatic carbocycles. The molecule has 0 radical (unpaired) electrons. The quantitative estimate of drug-likeness (QED) is 0.171. The zero-order valence-corrected chi connectivity index (χ0v) is 27.2. The van der Waals surface area contributed by atoms with Crippen LogP contribution in [0.4, 0.5) is 17.6 Å². The molecule has 1 amide bonds.